The molecule has 1 aliphatic rings. The molecule has 0 saturated carbocycles. The minimum absolute atomic E-state index is 0.303. The molecule has 1 aromatic rings. The fourth-order valence-corrected chi connectivity index (χ4v) is 4.19. The van der Waals surface area contributed by atoms with Crippen LogP contribution >= 0.6 is 11.8 Å². The van der Waals surface area contributed by atoms with E-state index in [1.165, 1.54) is 17.9 Å². The Bertz CT molecular complexity index is 376. The smallest absolute Gasteiger partial charge is 0.122 e. The van der Waals surface area contributed by atoms with Crippen molar-refractivity contribution in [3.05, 3.63) is 24.2 Å². The Morgan fingerprint density at radius 3 is 2.89 bits per heavy atom. The third-order valence-corrected chi connectivity index (χ3v) is 5.23. The van der Waals surface area contributed by atoms with E-state index in [9.17, 15) is 0 Å². The third kappa shape index (κ3) is 3.77. The van der Waals surface area contributed by atoms with Gasteiger partial charge in [0.05, 0.1) is 12.3 Å². The lowest BCUT2D eigenvalue weighted by atomic mass is 9.82. The third-order valence-electron chi connectivity index (χ3n) is 4.17. The summed E-state index contributed by atoms with van der Waals surface area (Å²) in [6.45, 7) is 5.69. The molecule has 19 heavy (non-hydrogen) atoms. The van der Waals surface area contributed by atoms with Crippen LogP contribution in [0.3, 0.4) is 0 Å². The quantitative estimate of drug-likeness (QED) is 0.898. The van der Waals surface area contributed by atoms with E-state index in [-0.39, 0.29) is 0 Å². The summed E-state index contributed by atoms with van der Waals surface area (Å²) in [6, 6.07) is 4.92. The highest BCUT2D eigenvalue weighted by atomic mass is 32.2. The number of nitrogens with one attached hydrogen (secondary N) is 1. The zero-order valence-electron chi connectivity index (χ0n) is 12.5. The van der Waals surface area contributed by atoms with Gasteiger partial charge in [0, 0.05) is 18.3 Å². The molecule has 1 aliphatic heterocycles. The molecular weight excluding hydrogens is 256 g/mol. The molecule has 1 N–H and O–H groups in total. The highest BCUT2D eigenvalue weighted by molar-refractivity contribution is 7.99. The Balaban J connectivity index is 1.95. The van der Waals surface area contributed by atoms with E-state index < -0.39 is 0 Å². The molecule has 3 nitrogen and oxygen atoms in total. The maximum Gasteiger partial charge on any atom is 0.122 e. The van der Waals surface area contributed by atoms with Gasteiger partial charge < -0.3 is 9.73 Å². The van der Waals surface area contributed by atoms with Gasteiger partial charge in [-0.3, -0.25) is 4.90 Å². The van der Waals surface area contributed by atoms with Gasteiger partial charge in [-0.05, 0) is 43.8 Å². The molecule has 2 rings (SSSR count). The fraction of sp³-hybridized carbons (Fsp3) is 0.733. The number of rotatable bonds is 5. The summed E-state index contributed by atoms with van der Waals surface area (Å²) in [7, 11) is 4.21. The summed E-state index contributed by atoms with van der Waals surface area (Å²) in [5, 5.41) is 3.76. The molecular formula is C15H26N2OS. The van der Waals surface area contributed by atoms with Gasteiger partial charge in [0.25, 0.3) is 0 Å². The van der Waals surface area contributed by atoms with Crippen LogP contribution in [-0.4, -0.2) is 43.1 Å². The monoisotopic (exact) mass is 282 g/mol. The van der Waals surface area contributed by atoms with Gasteiger partial charge in [0.1, 0.15) is 5.76 Å². The summed E-state index contributed by atoms with van der Waals surface area (Å²) in [6.07, 6.45) is 3.05. The molecule has 1 fully saturated rings. The van der Waals surface area contributed by atoms with Crippen molar-refractivity contribution >= 4 is 11.8 Å². The van der Waals surface area contributed by atoms with Crippen LogP contribution in [0.4, 0.5) is 0 Å². The second kappa shape index (κ2) is 6.33. The molecule has 1 saturated heterocycles. The number of hydrogen-bond donors (Lipinski definition) is 1. The number of likely N-dealkylation sites (N-methyl/N-ethyl adjacent to an activating group) is 1. The molecule has 4 heteroatoms. The summed E-state index contributed by atoms with van der Waals surface area (Å²) < 4.78 is 5.56. The van der Waals surface area contributed by atoms with Gasteiger partial charge in [0.15, 0.2) is 0 Å². The summed E-state index contributed by atoms with van der Waals surface area (Å²) in [4.78, 5) is 2.22. The van der Waals surface area contributed by atoms with Crippen molar-refractivity contribution in [3.63, 3.8) is 0 Å². The van der Waals surface area contributed by atoms with Gasteiger partial charge in [0.2, 0.25) is 0 Å². The van der Waals surface area contributed by atoms with Crippen molar-refractivity contribution in [2.24, 2.45) is 5.41 Å². The maximum absolute atomic E-state index is 5.56. The zero-order valence-corrected chi connectivity index (χ0v) is 13.3. The number of hydrogen-bond acceptors (Lipinski definition) is 4. The molecule has 0 aliphatic carbocycles. The molecule has 0 radical (unpaired) electrons. The number of furan rings is 1. The fourth-order valence-electron chi connectivity index (χ4n) is 2.54. The van der Waals surface area contributed by atoms with Crippen molar-refractivity contribution in [1.82, 2.24) is 10.2 Å². The lowest BCUT2D eigenvalue weighted by Crippen LogP contribution is -2.48. The van der Waals surface area contributed by atoms with Gasteiger partial charge >= 0.3 is 0 Å². The summed E-state index contributed by atoms with van der Waals surface area (Å²) in [5.41, 5.74) is 0.394. The van der Waals surface area contributed by atoms with E-state index in [1.54, 1.807) is 6.26 Å². The second-order valence-corrected chi connectivity index (χ2v) is 7.42. The summed E-state index contributed by atoms with van der Waals surface area (Å²) >= 11 is 2.06. The van der Waals surface area contributed by atoms with Crippen molar-refractivity contribution in [2.45, 2.75) is 32.4 Å². The zero-order chi connectivity index (χ0) is 13.9. The first-order chi connectivity index (χ1) is 9.00. The van der Waals surface area contributed by atoms with E-state index in [0.717, 1.165) is 12.3 Å². The highest BCUT2D eigenvalue weighted by Gasteiger charge is 2.33. The van der Waals surface area contributed by atoms with Crippen LogP contribution < -0.4 is 5.32 Å². The van der Waals surface area contributed by atoms with Crippen LogP contribution in [0.25, 0.3) is 0 Å². The number of nitrogens with zero attached hydrogens (tertiary/aromatic N) is 1. The molecule has 108 valence electrons. The molecule has 0 amide bonds. The van der Waals surface area contributed by atoms with E-state index in [1.807, 2.05) is 6.07 Å². The second-order valence-electron chi connectivity index (χ2n) is 6.27. The lowest BCUT2D eigenvalue weighted by molar-refractivity contribution is 0.202. The molecule has 0 aromatic carbocycles. The SMILES string of the molecule is CN(C)C(CNC1CSCCC1(C)C)c1ccco1. The van der Waals surface area contributed by atoms with Crippen molar-refractivity contribution in [1.29, 1.82) is 0 Å². The molecule has 0 bridgehead atoms. The molecule has 2 heterocycles. The van der Waals surface area contributed by atoms with E-state index >= 15 is 0 Å². The van der Waals surface area contributed by atoms with E-state index in [2.05, 4.69) is 56.0 Å². The average molecular weight is 282 g/mol. The van der Waals surface area contributed by atoms with Crippen LogP contribution in [0.15, 0.2) is 22.8 Å². The first-order valence-corrected chi connectivity index (χ1v) is 8.17. The molecule has 1 aromatic heterocycles. The van der Waals surface area contributed by atoms with Crippen LogP contribution in [0.2, 0.25) is 0 Å². The summed E-state index contributed by atoms with van der Waals surface area (Å²) in [5.74, 6) is 3.55. The van der Waals surface area contributed by atoms with Crippen LogP contribution in [0.1, 0.15) is 32.1 Å². The van der Waals surface area contributed by atoms with E-state index in [0.29, 0.717) is 17.5 Å². The minimum Gasteiger partial charge on any atom is -0.468 e. The number of thioether (sulfide) groups is 1. The normalized spacial score (nSPS) is 24.6. The van der Waals surface area contributed by atoms with Crippen molar-refractivity contribution in [2.75, 3.05) is 32.1 Å². The van der Waals surface area contributed by atoms with Gasteiger partial charge in [-0.25, -0.2) is 0 Å². The van der Waals surface area contributed by atoms with Gasteiger partial charge in [-0.2, -0.15) is 11.8 Å². The minimum atomic E-state index is 0.303. The topological polar surface area (TPSA) is 28.4 Å². The van der Waals surface area contributed by atoms with Gasteiger partial charge in [-0.15, -0.1) is 0 Å². The molecule has 0 spiro atoms. The lowest BCUT2D eigenvalue weighted by Gasteiger charge is -2.40. The Morgan fingerprint density at radius 1 is 1.53 bits per heavy atom. The molecule has 2 unspecified atom stereocenters. The van der Waals surface area contributed by atoms with Crippen molar-refractivity contribution in [3.8, 4) is 0 Å². The first-order valence-electron chi connectivity index (χ1n) is 7.01. The largest absolute Gasteiger partial charge is 0.468 e. The van der Waals surface area contributed by atoms with E-state index in [4.69, 9.17) is 4.42 Å². The van der Waals surface area contributed by atoms with Crippen LogP contribution in [0.5, 0.6) is 0 Å². The Hall–Kier alpha value is -0.450. The van der Waals surface area contributed by atoms with Crippen LogP contribution in [-0.2, 0) is 0 Å². The van der Waals surface area contributed by atoms with Gasteiger partial charge in [-0.1, -0.05) is 13.8 Å². The predicted octanol–water partition coefficient (Wildman–Crippen LogP) is 3.00. The highest BCUT2D eigenvalue weighted by Crippen LogP contribution is 2.34. The standard InChI is InChI=1S/C15H26N2OS/c1-15(2)7-9-19-11-14(15)16-10-12(17(3)4)13-6-5-8-18-13/h5-6,8,12,14,16H,7,9-11H2,1-4H3. The van der Waals surface area contributed by atoms with Crippen LogP contribution in [0, 0.1) is 5.41 Å². The molecule has 2 atom stereocenters. The van der Waals surface area contributed by atoms with Crippen molar-refractivity contribution < 1.29 is 4.42 Å². The Morgan fingerprint density at radius 2 is 2.32 bits per heavy atom. The maximum atomic E-state index is 5.56. The predicted molar refractivity (Wildman–Crippen MR) is 82.6 cm³/mol. The Kier molecular flexibility index (Phi) is 4.98. The average Bonchev–Trinajstić information content (AvgIpc) is 2.84. The Labute approximate surface area is 121 Å². The first kappa shape index (κ1) is 14.9.